The van der Waals surface area contributed by atoms with E-state index in [1.807, 2.05) is 0 Å². The van der Waals surface area contributed by atoms with Gasteiger partial charge >= 0.3 is 17.9 Å². The minimum Gasteiger partial charge on any atom is -0.462 e. The minimum atomic E-state index is -0.762. The summed E-state index contributed by atoms with van der Waals surface area (Å²) in [5.41, 5.74) is 0. The number of carbonyl (C=O) groups excluding carboxylic acids is 3. The first-order chi connectivity index (χ1) is 33.0. The summed E-state index contributed by atoms with van der Waals surface area (Å²) in [4.78, 5) is 38.0. The molecule has 0 aliphatic carbocycles. The Morgan fingerprint density at radius 2 is 0.493 bits per heavy atom. The minimum absolute atomic E-state index is 0.0644. The van der Waals surface area contributed by atoms with Gasteiger partial charge in [0.2, 0.25) is 0 Å². The maximum absolute atomic E-state index is 12.8. The van der Waals surface area contributed by atoms with Gasteiger partial charge in [0.15, 0.2) is 6.10 Å². The predicted octanol–water partition coefficient (Wildman–Crippen LogP) is 20.1. The van der Waals surface area contributed by atoms with Crippen molar-refractivity contribution < 1.29 is 28.6 Å². The highest BCUT2D eigenvalue weighted by Crippen LogP contribution is 2.17. The standard InChI is InChI=1S/C61H116O6/c1-4-7-10-13-16-18-20-22-24-26-27-28-29-30-31-32-33-35-36-38-40-42-45-48-51-54-60(63)66-57-58(56-65-59(62)53-50-47-44-15-12-9-6-3)67-61(64)55-52-49-46-43-41-39-37-34-25-23-21-19-17-14-11-8-5-2/h26-27,58H,4-25,28-57H2,1-3H3/b27-26-. The van der Waals surface area contributed by atoms with E-state index < -0.39 is 6.10 Å². The van der Waals surface area contributed by atoms with Gasteiger partial charge in [-0.2, -0.15) is 0 Å². The number of hydrogen-bond donors (Lipinski definition) is 0. The summed E-state index contributed by atoms with van der Waals surface area (Å²) in [5.74, 6) is -0.847. The second kappa shape index (κ2) is 56.7. The Balaban J connectivity index is 4.07. The monoisotopic (exact) mass is 945 g/mol. The van der Waals surface area contributed by atoms with Gasteiger partial charge in [-0.25, -0.2) is 0 Å². The lowest BCUT2D eigenvalue weighted by Crippen LogP contribution is -2.30. The van der Waals surface area contributed by atoms with Crippen molar-refractivity contribution in [2.75, 3.05) is 13.2 Å². The molecule has 0 heterocycles. The number of carbonyl (C=O) groups is 3. The van der Waals surface area contributed by atoms with E-state index in [4.69, 9.17) is 14.2 Å². The first-order valence-electron chi connectivity index (χ1n) is 30.2. The van der Waals surface area contributed by atoms with E-state index in [2.05, 4.69) is 32.9 Å². The zero-order chi connectivity index (χ0) is 48.6. The number of esters is 3. The Bertz CT molecular complexity index is 1040. The average molecular weight is 946 g/mol. The summed E-state index contributed by atoms with van der Waals surface area (Å²) in [6.07, 6.45) is 65.2. The third-order valence-corrected chi connectivity index (χ3v) is 13.8. The van der Waals surface area contributed by atoms with Crippen LogP contribution in [0.25, 0.3) is 0 Å². The predicted molar refractivity (Wildman–Crippen MR) is 289 cm³/mol. The highest BCUT2D eigenvalue weighted by Gasteiger charge is 2.19. The Kier molecular flexibility index (Phi) is 55.2. The Labute approximate surface area is 418 Å². The van der Waals surface area contributed by atoms with Gasteiger partial charge in [0.25, 0.3) is 0 Å². The zero-order valence-electron chi connectivity index (χ0n) is 45.5. The quantitative estimate of drug-likeness (QED) is 0.0262. The van der Waals surface area contributed by atoms with Crippen LogP contribution in [0.1, 0.15) is 342 Å². The van der Waals surface area contributed by atoms with Gasteiger partial charge in [0.05, 0.1) is 0 Å². The second-order valence-electron chi connectivity index (χ2n) is 20.6. The van der Waals surface area contributed by atoms with Crippen molar-refractivity contribution in [3.63, 3.8) is 0 Å². The van der Waals surface area contributed by atoms with Crippen LogP contribution in [0, 0.1) is 0 Å². The highest BCUT2D eigenvalue weighted by molar-refractivity contribution is 5.71. The van der Waals surface area contributed by atoms with Crippen LogP contribution in [-0.2, 0) is 28.6 Å². The Morgan fingerprint density at radius 3 is 0.746 bits per heavy atom. The largest absolute Gasteiger partial charge is 0.462 e. The van der Waals surface area contributed by atoms with Crippen LogP contribution in [0.2, 0.25) is 0 Å². The summed E-state index contributed by atoms with van der Waals surface area (Å²) in [6.45, 7) is 6.66. The van der Waals surface area contributed by atoms with E-state index in [1.54, 1.807) is 0 Å². The maximum atomic E-state index is 12.8. The van der Waals surface area contributed by atoms with Crippen LogP contribution in [0.5, 0.6) is 0 Å². The van der Waals surface area contributed by atoms with Crippen LogP contribution in [0.4, 0.5) is 0 Å². The first kappa shape index (κ1) is 65.1. The van der Waals surface area contributed by atoms with Gasteiger partial charge in [0, 0.05) is 19.3 Å². The molecule has 0 fully saturated rings. The van der Waals surface area contributed by atoms with Crippen molar-refractivity contribution in [1.82, 2.24) is 0 Å². The molecule has 0 spiro atoms. The molecule has 0 aromatic heterocycles. The molecule has 0 saturated heterocycles. The molecular weight excluding hydrogens is 829 g/mol. The number of rotatable bonds is 56. The molecule has 67 heavy (non-hydrogen) atoms. The van der Waals surface area contributed by atoms with E-state index in [0.29, 0.717) is 19.3 Å². The molecule has 0 aromatic carbocycles. The van der Waals surface area contributed by atoms with Crippen molar-refractivity contribution >= 4 is 17.9 Å². The fourth-order valence-corrected chi connectivity index (χ4v) is 9.21. The Hall–Kier alpha value is -1.85. The average Bonchev–Trinajstić information content (AvgIpc) is 3.33. The molecule has 6 heteroatoms. The lowest BCUT2D eigenvalue weighted by molar-refractivity contribution is -0.167. The molecule has 0 rings (SSSR count). The zero-order valence-corrected chi connectivity index (χ0v) is 45.5. The molecular formula is C61H116O6. The second-order valence-corrected chi connectivity index (χ2v) is 20.6. The van der Waals surface area contributed by atoms with Crippen molar-refractivity contribution in [3.8, 4) is 0 Å². The van der Waals surface area contributed by atoms with Crippen LogP contribution >= 0.6 is 0 Å². The van der Waals surface area contributed by atoms with Gasteiger partial charge in [-0.3, -0.25) is 14.4 Å². The summed E-state index contributed by atoms with van der Waals surface area (Å²) >= 11 is 0. The molecule has 1 atom stereocenters. The summed E-state index contributed by atoms with van der Waals surface area (Å²) < 4.78 is 16.8. The molecule has 396 valence electrons. The molecule has 0 bridgehead atoms. The van der Waals surface area contributed by atoms with Crippen LogP contribution in [-0.4, -0.2) is 37.2 Å². The topological polar surface area (TPSA) is 78.9 Å². The molecule has 6 nitrogen and oxygen atoms in total. The van der Waals surface area contributed by atoms with Crippen molar-refractivity contribution in [2.45, 2.75) is 348 Å². The van der Waals surface area contributed by atoms with E-state index in [0.717, 1.165) is 57.8 Å². The van der Waals surface area contributed by atoms with Crippen molar-refractivity contribution in [1.29, 1.82) is 0 Å². The van der Waals surface area contributed by atoms with Crippen molar-refractivity contribution in [3.05, 3.63) is 12.2 Å². The fourth-order valence-electron chi connectivity index (χ4n) is 9.21. The molecule has 0 aliphatic heterocycles. The van der Waals surface area contributed by atoms with Crippen LogP contribution in [0.3, 0.4) is 0 Å². The lowest BCUT2D eigenvalue weighted by atomic mass is 10.0. The van der Waals surface area contributed by atoms with Gasteiger partial charge in [0.1, 0.15) is 13.2 Å². The summed E-state index contributed by atoms with van der Waals surface area (Å²) in [6, 6.07) is 0. The van der Waals surface area contributed by atoms with E-state index in [1.165, 1.54) is 244 Å². The lowest BCUT2D eigenvalue weighted by Gasteiger charge is -2.18. The maximum Gasteiger partial charge on any atom is 0.306 e. The summed E-state index contributed by atoms with van der Waals surface area (Å²) in [7, 11) is 0. The van der Waals surface area contributed by atoms with Crippen LogP contribution in [0.15, 0.2) is 12.2 Å². The molecule has 0 aromatic rings. The molecule has 0 aliphatic rings. The molecule has 0 N–H and O–H groups in total. The van der Waals surface area contributed by atoms with E-state index in [9.17, 15) is 14.4 Å². The van der Waals surface area contributed by atoms with Gasteiger partial charge in [-0.05, 0) is 44.9 Å². The summed E-state index contributed by atoms with van der Waals surface area (Å²) in [5, 5.41) is 0. The van der Waals surface area contributed by atoms with E-state index >= 15 is 0 Å². The third-order valence-electron chi connectivity index (χ3n) is 13.8. The molecule has 1 unspecified atom stereocenters. The molecule has 0 radical (unpaired) electrons. The number of hydrogen-bond acceptors (Lipinski definition) is 6. The Morgan fingerprint density at radius 1 is 0.284 bits per heavy atom. The normalized spacial score (nSPS) is 12.0. The smallest absolute Gasteiger partial charge is 0.306 e. The molecule has 0 saturated carbocycles. The highest BCUT2D eigenvalue weighted by atomic mass is 16.6. The van der Waals surface area contributed by atoms with E-state index in [-0.39, 0.29) is 31.1 Å². The van der Waals surface area contributed by atoms with Crippen LogP contribution < -0.4 is 0 Å². The first-order valence-corrected chi connectivity index (χ1v) is 30.2. The molecule has 0 amide bonds. The van der Waals surface area contributed by atoms with Crippen molar-refractivity contribution in [2.24, 2.45) is 0 Å². The third kappa shape index (κ3) is 55.0. The number of ether oxygens (including phenoxy) is 3. The van der Waals surface area contributed by atoms with Gasteiger partial charge < -0.3 is 14.2 Å². The van der Waals surface area contributed by atoms with Gasteiger partial charge in [-0.15, -0.1) is 0 Å². The fraction of sp³-hybridized carbons (Fsp3) is 0.918. The van der Waals surface area contributed by atoms with Gasteiger partial charge in [-0.1, -0.05) is 290 Å². The number of allylic oxidation sites excluding steroid dienone is 2. The number of unbranched alkanes of at least 4 members (excludes halogenated alkanes) is 43. The SMILES string of the molecule is CCCCCCCCCC/C=C\CCCCCCCCCCCCCCCC(=O)OCC(COC(=O)CCCCCCCCC)OC(=O)CCCCCCCCCCCCCCCCCCC.